The number of benzene rings is 2. The van der Waals surface area contributed by atoms with Gasteiger partial charge in [0, 0.05) is 32.1 Å². The molecule has 1 saturated carbocycles. The minimum Gasteiger partial charge on any atom is -0.486 e. The lowest BCUT2D eigenvalue weighted by atomic mass is 9.76. The molecule has 2 aliphatic heterocycles. The van der Waals surface area contributed by atoms with Gasteiger partial charge >= 0.3 is 0 Å². The van der Waals surface area contributed by atoms with E-state index in [1.165, 1.54) is 43.4 Å². The molecule has 1 aliphatic carbocycles. The predicted molar refractivity (Wildman–Crippen MR) is 146 cm³/mol. The molecule has 1 saturated heterocycles. The van der Waals surface area contributed by atoms with Crippen molar-refractivity contribution in [1.82, 2.24) is 4.90 Å². The normalized spacial score (nSPS) is 20.6. The van der Waals surface area contributed by atoms with E-state index in [2.05, 4.69) is 58.8 Å². The van der Waals surface area contributed by atoms with E-state index >= 15 is 0 Å². The monoisotopic (exact) mass is 490 g/mol. The Morgan fingerprint density at radius 2 is 1.69 bits per heavy atom. The quantitative estimate of drug-likeness (QED) is 0.387. The van der Waals surface area contributed by atoms with Gasteiger partial charge in [0.05, 0.1) is 18.4 Å². The molecule has 2 aromatic carbocycles. The summed E-state index contributed by atoms with van der Waals surface area (Å²) >= 11 is 0. The fourth-order valence-electron chi connectivity index (χ4n) is 6.28. The maximum atomic E-state index is 6.54. The first-order valence-corrected chi connectivity index (χ1v) is 14.0. The zero-order valence-electron chi connectivity index (χ0n) is 21.7. The van der Waals surface area contributed by atoms with Crippen molar-refractivity contribution in [3.8, 4) is 11.5 Å². The first kappa shape index (κ1) is 25.2. The Labute approximate surface area is 217 Å². The lowest BCUT2D eigenvalue weighted by molar-refractivity contribution is -0.00705. The molecule has 5 rings (SSSR count). The molecule has 2 heterocycles. The van der Waals surface area contributed by atoms with E-state index in [1.54, 1.807) is 0 Å². The number of rotatable bonds is 10. The molecule has 2 unspecified atom stereocenters. The second kappa shape index (κ2) is 12.6. The fourth-order valence-corrected chi connectivity index (χ4v) is 6.28. The Balaban J connectivity index is 1.24. The third kappa shape index (κ3) is 6.07. The van der Waals surface area contributed by atoms with Gasteiger partial charge in [0.15, 0.2) is 11.5 Å². The van der Waals surface area contributed by atoms with Crippen molar-refractivity contribution in [3.63, 3.8) is 0 Å². The van der Waals surface area contributed by atoms with Gasteiger partial charge in [0.25, 0.3) is 0 Å². The molecule has 2 aromatic rings. The molecule has 2 atom stereocenters. The molecule has 0 N–H and O–H groups in total. The highest BCUT2D eigenvalue weighted by molar-refractivity contribution is 5.65. The molecular formula is C31H42N2O3. The van der Waals surface area contributed by atoms with Crippen LogP contribution in [0.5, 0.6) is 11.5 Å². The van der Waals surface area contributed by atoms with Crippen molar-refractivity contribution < 1.29 is 14.2 Å². The van der Waals surface area contributed by atoms with Crippen molar-refractivity contribution in [2.24, 2.45) is 5.92 Å². The van der Waals surface area contributed by atoms with Crippen LogP contribution in [0, 0.1) is 5.92 Å². The van der Waals surface area contributed by atoms with Crippen LogP contribution in [0.25, 0.3) is 0 Å². The fraction of sp³-hybridized carbons (Fsp3) is 0.548. The van der Waals surface area contributed by atoms with Gasteiger partial charge in [-0.05, 0) is 49.4 Å². The van der Waals surface area contributed by atoms with E-state index in [9.17, 15) is 0 Å². The topological polar surface area (TPSA) is 34.2 Å². The van der Waals surface area contributed by atoms with Crippen LogP contribution in [-0.2, 0) is 4.74 Å². The van der Waals surface area contributed by atoms with Crippen molar-refractivity contribution in [1.29, 1.82) is 0 Å². The summed E-state index contributed by atoms with van der Waals surface area (Å²) in [6, 6.07) is 17.3. The van der Waals surface area contributed by atoms with E-state index < -0.39 is 0 Å². The number of piperazine rings is 1. The second-order valence-electron chi connectivity index (χ2n) is 10.4. The number of anilines is 1. The average molecular weight is 491 g/mol. The van der Waals surface area contributed by atoms with Gasteiger partial charge in [-0.1, -0.05) is 61.7 Å². The highest BCUT2D eigenvalue weighted by Crippen LogP contribution is 2.40. The van der Waals surface area contributed by atoms with Crippen LogP contribution in [0.4, 0.5) is 5.69 Å². The standard InChI is InChI=1S/C31H42N2O3/c1-2-22-35-30(26-12-7-4-8-13-26)27(25-10-5-3-6-11-25)16-17-32-18-20-33(21-19-32)28-14-9-15-29-31(28)36-24-23-34-29/h2-3,5-6,9-11,14-15,26-27,30H,1,4,7-8,12-13,16-24H2. The average Bonchev–Trinajstić information content (AvgIpc) is 2.96. The summed E-state index contributed by atoms with van der Waals surface area (Å²) < 4.78 is 18.3. The Morgan fingerprint density at radius 3 is 2.47 bits per heavy atom. The number of hydrogen-bond donors (Lipinski definition) is 0. The Morgan fingerprint density at radius 1 is 0.917 bits per heavy atom. The van der Waals surface area contributed by atoms with E-state index in [1.807, 2.05) is 12.1 Å². The molecular weight excluding hydrogens is 448 g/mol. The third-order valence-electron chi connectivity index (χ3n) is 8.16. The number of fused-ring (bicyclic) bond motifs is 1. The largest absolute Gasteiger partial charge is 0.486 e. The predicted octanol–water partition coefficient (Wildman–Crippen LogP) is 5.91. The molecule has 0 radical (unpaired) electrons. The van der Waals surface area contributed by atoms with Gasteiger partial charge < -0.3 is 19.1 Å². The molecule has 3 aliphatic rings. The third-order valence-corrected chi connectivity index (χ3v) is 8.16. The zero-order chi connectivity index (χ0) is 24.6. The van der Waals surface area contributed by atoms with Crippen molar-refractivity contribution in [2.75, 3.05) is 57.4 Å². The minimum atomic E-state index is 0.264. The molecule has 2 fully saturated rings. The van der Waals surface area contributed by atoms with Crippen molar-refractivity contribution in [2.45, 2.75) is 50.5 Å². The van der Waals surface area contributed by atoms with E-state index in [-0.39, 0.29) is 6.10 Å². The lowest BCUT2D eigenvalue weighted by Crippen LogP contribution is -2.47. The van der Waals surface area contributed by atoms with E-state index in [0.717, 1.165) is 50.6 Å². The summed E-state index contributed by atoms with van der Waals surface area (Å²) in [6.45, 7) is 11.1. The maximum absolute atomic E-state index is 6.54. The summed E-state index contributed by atoms with van der Waals surface area (Å²) in [5.74, 6) is 2.85. The van der Waals surface area contributed by atoms with Gasteiger partial charge in [-0.15, -0.1) is 6.58 Å². The molecule has 0 amide bonds. The summed E-state index contributed by atoms with van der Waals surface area (Å²) in [5, 5.41) is 0. The second-order valence-corrected chi connectivity index (χ2v) is 10.4. The van der Waals surface area contributed by atoms with Crippen LogP contribution >= 0.6 is 0 Å². The Bertz CT molecular complexity index is 952. The highest BCUT2D eigenvalue weighted by Gasteiger charge is 2.33. The first-order valence-electron chi connectivity index (χ1n) is 14.0. The number of hydrogen-bond acceptors (Lipinski definition) is 5. The van der Waals surface area contributed by atoms with Gasteiger partial charge in [-0.25, -0.2) is 0 Å². The minimum absolute atomic E-state index is 0.264. The molecule has 36 heavy (non-hydrogen) atoms. The maximum Gasteiger partial charge on any atom is 0.184 e. The Hall–Kier alpha value is -2.50. The zero-order valence-corrected chi connectivity index (χ0v) is 21.7. The van der Waals surface area contributed by atoms with Gasteiger partial charge in [-0.2, -0.15) is 0 Å². The SMILES string of the molecule is C=CCOC(C1CCCCC1)C(CCN1CCN(c2cccc3c2OCCO3)CC1)c1ccccc1. The molecule has 0 spiro atoms. The highest BCUT2D eigenvalue weighted by atomic mass is 16.6. The first-order chi connectivity index (χ1) is 17.8. The van der Waals surface area contributed by atoms with Gasteiger partial charge in [0.1, 0.15) is 13.2 Å². The van der Waals surface area contributed by atoms with Crippen LogP contribution in [-0.4, -0.2) is 63.5 Å². The van der Waals surface area contributed by atoms with E-state index in [4.69, 9.17) is 14.2 Å². The molecule has 5 nitrogen and oxygen atoms in total. The molecule has 194 valence electrons. The smallest absolute Gasteiger partial charge is 0.184 e. The summed E-state index contributed by atoms with van der Waals surface area (Å²) in [4.78, 5) is 5.08. The number of para-hydroxylation sites is 1. The van der Waals surface area contributed by atoms with Crippen LogP contribution < -0.4 is 14.4 Å². The summed E-state index contributed by atoms with van der Waals surface area (Å²) in [5.41, 5.74) is 2.59. The van der Waals surface area contributed by atoms with Gasteiger partial charge in [-0.3, -0.25) is 4.90 Å². The molecule has 5 heteroatoms. The van der Waals surface area contributed by atoms with Crippen LogP contribution in [0.1, 0.15) is 50.0 Å². The van der Waals surface area contributed by atoms with Crippen LogP contribution in [0.3, 0.4) is 0 Å². The lowest BCUT2D eigenvalue weighted by Gasteiger charge is -2.39. The van der Waals surface area contributed by atoms with Crippen LogP contribution in [0.15, 0.2) is 61.2 Å². The summed E-state index contributed by atoms with van der Waals surface area (Å²) in [6.07, 6.45) is 9.91. The van der Waals surface area contributed by atoms with E-state index in [0.29, 0.717) is 31.7 Å². The molecule has 0 aromatic heterocycles. The van der Waals surface area contributed by atoms with Crippen LogP contribution in [0.2, 0.25) is 0 Å². The summed E-state index contributed by atoms with van der Waals surface area (Å²) in [7, 11) is 0. The van der Waals surface area contributed by atoms with Gasteiger partial charge in [0.2, 0.25) is 0 Å². The van der Waals surface area contributed by atoms with Crippen molar-refractivity contribution >= 4 is 5.69 Å². The Kier molecular flexibility index (Phi) is 8.84. The number of nitrogens with zero attached hydrogens (tertiary/aromatic N) is 2. The molecule has 0 bridgehead atoms. The van der Waals surface area contributed by atoms with Crippen molar-refractivity contribution in [3.05, 3.63) is 66.7 Å². The number of ether oxygens (including phenoxy) is 3.